The van der Waals surface area contributed by atoms with Gasteiger partial charge in [0.2, 0.25) is 5.43 Å². The lowest BCUT2D eigenvalue weighted by Crippen LogP contribution is -2.33. The van der Waals surface area contributed by atoms with E-state index in [1.807, 2.05) is 6.92 Å². The summed E-state index contributed by atoms with van der Waals surface area (Å²) in [7, 11) is 0. The minimum absolute atomic E-state index is 0.0865. The second kappa shape index (κ2) is 8.37. The molecule has 0 aromatic carbocycles. The highest BCUT2D eigenvalue weighted by atomic mass is 16.3. The zero-order valence-corrected chi connectivity index (χ0v) is 15.0. The van der Waals surface area contributed by atoms with Gasteiger partial charge in [0.25, 0.3) is 0 Å². The number of hydrogen-bond acceptors (Lipinski definition) is 3. The fraction of sp³-hybridized carbons (Fsp3) is 0.722. The molecule has 0 saturated heterocycles. The molecule has 0 aliphatic heterocycles. The van der Waals surface area contributed by atoms with Crippen LogP contribution in [-0.4, -0.2) is 27.7 Å². The van der Waals surface area contributed by atoms with Crippen molar-refractivity contribution in [1.82, 2.24) is 9.47 Å². The largest absolute Gasteiger partial charge is 0.503 e. The van der Waals surface area contributed by atoms with Crippen LogP contribution in [0.15, 0.2) is 10.9 Å². The van der Waals surface area contributed by atoms with Crippen molar-refractivity contribution in [2.45, 2.75) is 61.1 Å². The molecule has 0 aliphatic rings. The second-order valence-electron chi connectivity index (χ2n) is 7.08. The molecule has 0 saturated carbocycles. The Balaban J connectivity index is 3.18. The monoisotopic (exact) mass is 308 g/mol. The van der Waals surface area contributed by atoms with E-state index in [0.29, 0.717) is 18.4 Å². The average molecular weight is 308 g/mol. The minimum Gasteiger partial charge on any atom is -0.503 e. The van der Waals surface area contributed by atoms with Gasteiger partial charge in [-0.1, -0.05) is 34.6 Å². The van der Waals surface area contributed by atoms with Gasteiger partial charge < -0.3 is 9.67 Å². The standard InChI is InChI=1S/C18H32N2O2/c1-7-8-20-15(6)9-17(21)18(22)16(20)12-19(10-13(2)3)11-14(4)5/h9,13-14,22H,7-8,10-12H2,1-6H3. The van der Waals surface area contributed by atoms with E-state index in [2.05, 4.69) is 44.1 Å². The van der Waals surface area contributed by atoms with Crippen LogP contribution in [0, 0.1) is 18.8 Å². The third-order valence-corrected chi connectivity index (χ3v) is 3.67. The fourth-order valence-electron chi connectivity index (χ4n) is 2.96. The Morgan fingerprint density at radius 3 is 2.18 bits per heavy atom. The number of pyridine rings is 1. The van der Waals surface area contributed by atoms with Crippen molar-refractivity contribution in [3.8, 4) is 5.75 Å². The quantitative estimate of drug-likeness (QED) is 0.800. The maximum Gasteiger partial charge on any atom is 0.223 e. The first-order chi connectivity index (χ1) is 10.3. The lowest BCUT2D eigenvalue weighted by Gasteiger charge is -2.28. The number of hydrogen-bond donors (Lipinski definition) is 1. The van der Waals surface area contributed by atoms with Crippen LogP contribution in [0.1, 0.15) is 52.4 Å². The van der Waals surface area contributed by atoms with Crippen molar-refractivity contribution in [3.05, 3.63) is 27.7 Å². The minimum atomic E-state index is -0.270. The molecule has 0 spiro atoms. The molecule has 0 unspecified atom stereocenters. The Morgan fingerprint density at radius 2 is 1.73 bits per heavy atom. The topological polar surface area (TPSA) is 45.5 Å². The lowest BCUT2D eigenvalue weighted by atomic mass is 10.1. The van der Waals surface area contributed by atoms with E-state index in [1.165, 1.54) is 6.07 Å². The molecule has 1 N–H and O–H groups in total. The Bertz CT molecular complexity index is 523. The van der Waals surface area contributed by atoms with Crippen LogP contribution in [0.2, 0.25) is 0 Å². The molecule has 1 rings (SSSR count). The molecule has 4 heteroatoms. The van der Waals surface area contributed by atoms with Crippen molar-refractivity contribution >= 4 is 0 Å². The first kappa shape index (κ1) is 18.8. The number of aryl methyl sites for hydroxylation is 1. The summed E-state index contributed by atoms with van der Waals surface area (Å²) in [6, 6.07) is 1.53. The number of aromatic nitrogens is 1. The van der Waals surface area contributed by atoms with E-state index < -0.39 is 0 Å². The van der Waals surface area contributed by atoms with Crippen molar-refractivity contribution in [2.24, 2.45) is 11.8 Å². The second-order valence-corrected chi connectivity index (χ2v) is 7.08. The molecular formula is C18H32N2O2. The molecule has 0 aliphatic carbocycles. The molecule has 126 valence electrons. The van der Waals surface area contributed by atoms with Gasteiger partial charge in [-0.25, -0.2) is 0 Å². The Hall–Kier alpha value is -1.29. The Morgan fingerprint density at radius 1 is 1.18 bits per heavy atom. The van der Waals surface area contributed by atoms with Crippen molar-refractivity contribution in [2.75, 3.05) is 13.1 Å². The van der Waals surface area contributed by atoms with Crippen LogP contribution in [0.4, 0.5) is 0 Å². The highest BCUT2D eigenvalue weighted by Crippen LogP contribution is 2.19. The summed E-state index contributed by atoms with van der Waals surface area (Å²) >= 11 is 0. The first-order valence-corrected chi connectivity index (χ1v) is 8.40. The van der Waals surface area contributed by atoms with Crippen molar-refractivity contribution < 1.29 is 5.11 Å². The van der Waals surface area contributed by atoms with Gasteiger partial charge in [-0.3, -0.25) is 9.69 Å². The van der Waals surface area contributed by atoms with Gasteiger partial charge in [-0.15, -0.1) is 0 Å². The fourth-order valence-corrected chi connectivity index (χ4v) is 2.96. The number of nitrogens with zero attached hydrogens (tertiary/aromatic N) is 2. The molecule has 0 bridgehead atoms. The Kier molecular flexibility index (Phi) is 7.14. The molecular weight excluding hydrogens is 276 g/mol. The molecule has 0 amide bonds. The highest BCUT2D eigenvalue weighted by molar-refractivity contribution is 5.29. The molecule has 4 nitrogen and oxygen atoms in total. The van der Waals surface area contributed by atoms with Crippen LogP contribution in [0.5, 0.6) is 5.75 Å². The highest BCUT2D eigenvalue weighted by Gasteiger charge is 2.17. The summed E-state index contributed by atoms with van der Waals surface area (Å²) in [6.45, 7) is 16.2. The first-order valence-electron chi connectivity index (χ1n) is 8.40. The summed E-state index contributed by atoms with van der Waals surface area (Å²) in [5, 5.41) is 10.3. The summed E-state index contributed by atoms with van der Waals surface area (Å²) in [4.78, 5) is 14.3. The average Bonchev–Trinajstić information content (AvgIpc) is 2.38. The Labute approximate surface area is 134 Å². The number of rotatable bonds is 8. The smallest absolute Gasteiger partial charge is 0.223 e. The summed E-state index contributed by atoms with van der Waals surface area (Å²) in [5.74, 6) is 1.02. The van der Waals surface area contributed by atoms with Crippen LogP contribution < -0.4 is 5.43 Å². The van der Waals surface area contributed by atoms with E-state index in [4.69, 9.17) is 0 Å². The van der Waals surface area contributed by atoms with Gasteiger partial charge in [0.1, 0.15) is 0 Å². The predicted molar refractivity (Wildman–Crippen MR) is 92.3 cm³/mol. The number of aromatic hydroxyl groups is 1. The predicted octanol–water partition coefficient (Wildman–Crippen LogP) is 3.39. The molecule has 0 radical (unpaired) electrons. The van der Waals surface area contributed by atoms with Gasteiger partial charge in [0.15, 0.2) is 5.75 Å². The van der Waals surface area contributed by atoms with Crippen LogP contribution >= 0.6 is 0 Å². The van der Waals surface area contributed by atoms with Gasteiger partial charge in [0, 0.05) is 37.9 Å². The molecule has 0 fully saturated rings. The summed E-state index contributed by atoms with van der Waals surface area (Å²) in [5.41, 5.74) is 1.41. The third kappa shape index (κ3) is 5.16. The van der Waals surface area contributed by atoms with E-state index >= 15 is 0 Å². The normalized spacial score (nSPS) is 11.9. The molecule has 1 aromatic rings. The zero-order valence-electron chi connectivity index (χ0n) is 15.0. The van der Waals surface area contributed by atoms with Gasteiger partial charge >= 0.3 is 0 Å². The van der Waals surface area contributed by atoms with E-state index in [0.717, 1.165) is 37.4 Å². The van der Waals surface area contributed by atoms with Crippen LogP contribution in [0.3, 0.4) is 0 Å². The SMILES string of the molecule is CCCn1c(C)cc(=O)c(O)c1CN(CC(C)C)CC(C)C. The van der Waals surface area contributed by atoms with Crippen LogP contribution in [0.25, 0.3) is 0 Å². The van der Waals surface area contributed by atoms with Gasteiger partial charge in [-0.05, 0) is 25.2 Å². The van der Waals surface area contributed by atoms with Gasteiger partial charge in [-0.2, -0.15) is 0 Å². The molecule has 0 atom stereocenters. The molecule has 1 heterocycles. The van der Waals surface area contributed by atoms with Gasteiger partial charge in [0.05, 0.1) is 5.69 Å². The van der Waals surface area contributed by atoms with E-state index in [9.17, 15) is 9.90 Å². The zero-order chi connectivity index (χ0) is 16.9. The summed E-state index contributed by atoms with van der Waals surface area (Å²) < 4.78 is 2.09. The lowest BCUT2D eigenvalue weighted by molar-refractivity contribution is 0.203. The third-order valence-electron chi connectivity index (χ3n) is 3.67. The van der Waals surface area contributed by atoms with E-state index in [1.54, 1.807) is 0 Å². The summed E-state index contributed by atoms with van der Waals surface area (Å²) in [6.07, 6.45) is 0.977. The van der Waals surface area contributed by atoms with E-state index in [-0.39, 0.29) is 11.2 Å². The maximum absolute atomic E-state index is 12.0. The van der Waals surface area contributed by atoms with Crippen molar-refractivity contribution in [1.29, 1.82) is 0 Å². The molecule has 1 aromatic heterocycles. The van der Waals surface area contributed by atoms with Crippen LogP contribution in [-0.2, 0) is 13.1 Å². The van der Waals surface area contributed by atoms with Crippen molar-refractivity contribution in [3.63, 3.8) is 0 Å². The maximum atomic E-state index is 12.0. The molecule has 22 heavy (non-hydrogen) atoms.